The minimum atomic E-state index is -1.41. The molecule has 0 saturated heterocycles. The fourth-order valence-electron chi connectivity index (χ4n) is 3.92. The molecule has 0 saturated carbocycles. The Balaban J connectivity index is 1.35. The highest BCUT2D eigenvalue weighted by molar-refractivity contribution is 6.30. The number of rotatable bonds is 6. The molecule has 4 rings (SSSR count). The highest BCUT2D eigenvalue weighted by Crippen LogP contribution is 2.44. The number of aliphatic hydroxyl groups excluding tert-OH is 2. The van der Waals surface area contributed by atoms with Crippen molar-refractivity contribution in [2.24, 2.45) is 0 Å². The fraction of sp³-hybridized carbons (Fsp3) is 0.208. The first kappa shape index (κ1) is 21.3. The van der Waals surface area contributed by atoms with Crippen LogP contribution in [0, 0.1) is 5.82 Å². The molecule has 0 aromatic heterocycles. The Bertz CT molecular complexity index is 1040. The molecule has 3 aromatic rings. The Morgan fingerprint density at radius 1 is 1.03 bits per heavy atom. The van der Waals surface area contributed by atoms with Gasteiger partial charge in [-0.05, 0) is 46.0 Å². The van der Waals surface area contributed by atoms with Crippen molar-refractivity contribution in [3.05, 3.63) is 94.3 Å². The van der Waals surface area contributed by atoms with E-state index in [1.165, 1.54) is 6.07 Å². The number of hydrogen-bond donors (Lipinski definition) is 3. The molecule has 1 amide bonds. The summed E-state index contributed by atoms with van der Waals surface area (Å²) in [6.45, 7) is -0.135. The number of carbonyl (C=O) groups excluding carboxylic acids is 1. The summed E-state index contributed by atoms with van der Waals surface area (Å²) in [6, 6.07) is 19.5. The number of halogens is 2. The van der Waals surface area contributed by atoms with Gasteiger partial charge in [0.15, 0.2) is 0 Å². The van der Waals surface area contributed by atoms with Gasteiger partial charge in [-0.15, -0.1) is 0 Å². The monoisotopic (exact) mass is 441 g/mol. The van der Waals surface area contributed by atoms with E-state index in [4.69, 9.17) is 16.3 Å². The van der Waals surface area contributed by atoms with Crippen LogP contribution in [0.1, 0.15) is 28.7 Å². The molecule has 0 heterocycles. The Kier molecular flexibility index (Phi) is 6.23. The zero-order chi connectivity index (χ0) is 22.0. The molecule has 160 valence electrons. The lowest BCUT2D eigenvalue weighted by molar-refractivity contribution is 0.0184. The summed E-state index contributed by atoms with van der Waals surface area (Å²) in [7, 11) is 0. The Morgan fingerprint density at radius 2 is 1.65 bits per heavy atom. The Hall–Kier alpha value is -2.93. The van der Waals surface area contributed by atoms with Gasteiger partial charge in [0, 0.05) is 17.5 Å². The first-order chi connectivity index (χ1) is 14.9. The third-order valence-electron chi connectivity index (χ3n) is 5.39. The number of alkyl carbamates (subject to hydrolysis) is 1. The number of ether oxygens (including phenoxy) is 1. The maximum absolute atomic E-state index is 13.5. The predicted octanol–water partition coefficient (Wildman–Crippen LogP) is 4.41. The van der Waals surface area contributed by atoms with Gasteiger partial charge in [-0.3, -0.25) is 0 Å². The van der Waals surface area contributed by atoms with E-state index in [0.717, 1.165) is 34.4 Å². The number of carbonyl (C=O) groups is 1. The van der Waals surface area contributed by atoms with Crippen LogP contribution in [0.25, 0.3) is 11.1 Å². The summed E-state index contributed by atoms with van der Waals surface area (Å²) in [4.78, 5) is 12.2. The molecule has 0 spiro atoms. The first-order valence-corrected chi connectivity index (χ1v) is 10.2. The number of hydrogen-bond acceptors (Lipinski definition) is 4. The van der Waals surface area contributed by atoms with Crippen LogP contribution in [-0.4, -0.2) is 35.6 Å². The lowest BCUT2D eigenvalue weighted by Gasteiger charge is -2.19. The van der Waals surface area contributed by atoms with E-state index in [2.05, 4.69) is 5.32 Å². The SMILES string of the molecule is O=C(NCC(O)C(O)c1cc(F)cc(Cl)c1)OCC1c2ccccc2-c2ccccc21. The average molecular weight is 442 g/mol. The second-order valence-electron chi connectivity index (χ2n) is 7.42. The summed E-state index contributed by atoms with van der Waals surface area (Å²) < 4.78 is 18.8. The molecule has 0 fully saturated rings. The van der Waals surface area contributed by atoms with E-state index >= 15 is 0 Å². The lowest BCUT2D eigenvalue weighted by Crippen LogP contribution is -2.36. The Morgan fingerprint density at radius 3 is 2.26 bits per heavy atom. The van der Waals surface area contributed by atoms with E-state index in [1.54, 1.807) is 0 Å². The summed E-state index contributed by atoms with van der Waals surface area (Å²) in [5.74, 6) is -0.707. The van der Waals surface area contributed by atoms with Crippen molar-refractivity contribution >= 4 is 17.7 Å². The molecular weight excluding hydrogens is 421 g/mol. The van der Waals surface area contributed by atoms with Gasteiger partial charge >= 0.3 is 6.09 Å². The van der Waals surface area contributed by atoms with Crippen LogP contribution >= 0.6 is 11.6 Å². The highest BCUT2D eigenvalue weighted by Gasteiger charge is 2.29. The van der Waals surface area contributed by atoms with Crippen molar-refractivity contribution in [2.45, 2.75) is 18.1 Å². The van der Waals surface area contributed by atoms with Gasteiger partial charge in [-0.25, -0.2) is 9.18 Å². The van der Waals surface area contributed by atoms with Crippen LogP contribution in [0.5, 0.6) is 0 Å². The van der Waals surface area contributed by atoms with Crippen LogP contribution in [-0.2, 0) is 4.74 Å². The van der Waals surface area contributed by atoms with Crippen molar-refractivity contribution in [2.75, 3.05) is 13.2 Å². The summed E-state index contributed by atoms with van der Waals surface area (Å²) >= 11 is 5.78. The third-order valence-corrected chi connectivity index (χ3v) is 5.61. The van der Waals surface area contributed by atoms with Gasteiger partial charge in [0.05, 0.1) is 0 Å². The molecule has 5 nitrogen and oxygen atoms in total. The quantitative estimate of drug-likeness (QED) is 0.529. The van der Waals surface area contributed by atoms with Crippen LogP contribution in [0.2, 0.25) is 5.02 Å². The highest BCUT2D eigenvalue weighted by atomic mass is 35.5. The molecule has 7 heteroatoms. The van der Waals surface area contributed by atoms with Crippen LogP contribution in [0.3, 0.4) is 0 Å². The molecule has 3 aromatic carbocycles. The van der Waals surface area contributed by atoms with E-state index in [9.17, 15) is 19.4 Å². The van der Waals surface area contributed by atoms with Gasteiger partial charge in [-0.2, -0.15) is 0 Å². The molecule has 0 bridgehead atoms. The van der Waals surface area contributed by atoms with Crippen molar-refractivity contribution in [3.8, 4) is 11.1 Å². The van der Waals surface area contributed by atoms with E-state index < -0.39 is 24.1 Å². The number of amides is 1. The van der Waals surface area contributed by atoms with E-state index in [0.29, 0.717) is 0 Å². The molecule has 2 unspecified atom stereocenters. The molecule has 3 N–H and O–H groups in total. The molecule has 1 aliphatic rings. The number of nitrogens with one attached hydrogen (secondary N) is 1. The minimum absolute atomic E-state index is 0.0805. The van der Waals surface area contributed by atoms with Crippen molar-refractivity contribution < 1.29 is 24.1 Å². The normalized spacial score (nSPS) is 14.5. The standard InChI is InChI=1S/C24H21ClFNO4/c25-15-9-14(10-16(26)11-15)23(29)22(28)12-27-24(30)31-13-21-19-7-3-1-5-17(19)18-6-2-4-8-20(18)21/h1-11,21-23,28-29H,12-13H2,(H,27,30). The number of benzene rings is 3. The zero-order valence-corrected chi connectivity index (χ0v) is 17.2. The minimum Gasteiger partial charge on any atom is -0.449 e. The smallest absolute Gasteiger partial charge is 0.407 e. The predicted molar refractivity (Wildman–Crippen MR) is 115 cm³/mol. The molecule has 0 aliphatic heterocycles. The molecule has 0 radical (unpaired) electrons. The van der Waals surface area contributed by atoms with Crippen molar-refractivity contribution in [3.63, 3.8) is 0 Å². The maximum atomic E-state index is 13.5. The van der Waals surface area contributed by atoms with E-state index in [1.807, 2.05) is 48.5 Å². The van der Waals surface area contributed by atoms with Gasteiger partial charge < -0.3 is 20.3 Å². The molecule has 2 atom stereocenters. The lowest BCUT2D eigenvalue weighted by atomic mass is 9.98. The van der Waals surface area contributed by atoms with Crippen molar-refractivity contribution in [1.82, 2.24) is 5.32 Å². The maximum Gasteiger partial charge on any atom is 0.407 e. The largest absolute Gasteiger partial charge is 0.449 e. The molecular formula is C24H21ClFNO4. The van der Waals surface area contributed by atoms with Gasteiger partial charge in [-0.1, -0.05) is 60.1 Å². The molecule has 31 heavy (non-hydrogen) atoms. The molecule has 1 aliphatic carbocycles. The van der Waals surface area contributed by atoms with Crippen LogP contribution in [0.15, 0.2) is 66.7 Å². The Labute approximate surface area is 184 Å². The average Bonchev–Trinajstić information content (AvgIpc) is 3.08. The summed E-state index contributed by atoms with van der Waals surface area (Å²) in [5.41, 5.74) is 4.55. The summed E-state index contributed by atoms with van der Waals surface area (Å²) in [5, 5.41) is 22.9. The van der Waals surface area contributed by atoms with Gasteiger partial charge in [0.2, 0.25) is 0 Å². The van der Waals surface area contributed by atoms with Crippen LogP contribution < -0.4 is 5.32 Å². The fourth-order valence-corrected chi connectivity index (χ4v) is 4.15. The summed E-state index contributed by atoms with van der Waals surface area (Å²) in [6.07, 6.45) is -3.49. The second-order valence-corrected chi connectivity index (χ2v) is 7.86. The number of aliphatic hydroxyl groups is 2. The van der Waals surface area contributed by atoms with Gasteiger partial charge in [0.25, 0.3) is 0 Å². The topological polar surface area (TPSA) is 78.8 Å². The third kappa shape index (κ3) is 4.56. The first-order valence-electron chi connectivity index (χ1n) is 9.85. The number of fused-ring (bicyclic) bond motifs is 3. The van der Waals surface area contributed by atoms with E-state index in [-0.39, 0.29) is 29.7 Å². The second kappa shape index (κ2) is 9.06. The zero-order valence-electron chi connectivity index (χ0n) is 16.5. The van der Waals surface area contributed by atoms with Crippen molar-refractivity contribution in [1.29, 1.82) is 0 Å². The van der Waals surface area contributed by atoms with Gasteiger partial charge in [0.1, 0.15) is 24.6 Å². The van der Waals surface area contributed by atoms with Crippen LogP contribution in [0.4, 0.5) is 9.18 Å².